The van der Waals surface area contributed by atoms with Crippen LogP contribution in [0, 0.1) is 0 Å². The van der Waals surface area contributed by atoms with Crippen molar-refractivity contribution in [2.24, 2.45) is 0 Å². The van der Waals surface area contributed by atoms with Crippen molar-refractivity contribution in [2.75, 3.05) is 6.61 Å². The van der Waals surface area contributed by atoms with E-state index < -0.39 is 12.1 Å². The van der Waals surface area contributed by atoms with E-state index in [4.69, 9.17) is 0 Å². The molecule has 0 heterocycles. The van der Waals surface area contributed by atoms with E-state index in [9.17, 15) is 15.0 Å². The number of carbonyl (C=O) groups is 1. The standard InChI is InChI=1S/C77H133NO3/c1-3-5-7-9-11-13-15-17-19-21-23-25-27-29-31-33-35-37-38-39-40-41-43-45-47-49-51-53-55-57-59-61-63-65-67-69-71-73-77(81)78-75(74-79)76(80)72-70-68-66-64-62-60-58-56-54-52-50-48-46-44-42-36-34-32-30-28-26-24-22-20-18-16-14-12-10-8-6-4-2/h5,7,11,13,17,19,23,25,29,31,35,37,39-40,43,45,49,51,55,57,61,63,75-76,79-80H,3-4,6,8-10,12,14-16,18,20-22,24,26-28,30,32-34,36,38,41-42,44,46-48,50,52-54,56,58-60,62,64-74H2,1-2H3,(H,78,81)/b7-5-,13-11-,19-17-,25-23-,31-29-,37-35-,40-39-,45-43-,51-49-,57-55-,63-61-. The van der Waals surface area contributed by atoms with E-state index >= 15 is 0 Å². The first-order valence-corrected chi connectivity index (χ1v) is 34.9. The van der Waals surface area contributed by atoms with E-state index in [0.29, 0.717) is 12.8 Å². The molecule has 1 amide bonds. The zero-order valence-corrected chi connectivity index (χ0v) is 53.5. The van der Waals surface area contributed by atoms with E-state index in [1.807, 2.05) is 0 Å². The fourth-order valence-corrected chi connectivity index (χ4v) is 10.2. The molecule has 4 nitrogen and oxygen atoms in total. The molecule has 81 heavy (non-hydrogen) atoms. The highest BCUT2D eigenvalue weighted by Gasteiger charge is 2.20. The quantitative estimate of drug-likeness (QED) is 0.0420. The molecule has 2 unspecified atom stereocenters. The van der Waals surface area contributed by atoms with Crippen molar-refractivity contribution < 1.29 is 15.0 Å². The largest absolute Gasteiger partial charge is 0.394 e. The van der Waals surface area contributed by atoms with E-state index in [-0.39, 0.29) is 12.5 Å². The van der Waals surface area contributed by atoms with Crippen LogP contribution in [0.3, 0.4) is 0 Å². The fraction of sp³-hybridized carbons (Fsp3) is 0.701. The smallest absolute Gasteiger partial charge is 0.220 e. The number of hydrogen-bond donors (Lipinski definition) is 3. The zero-order chi connectivity index (χ0) is 58.4. The molecular weight excluding hydrogens is 987 g/mol. The molecule has 0 aliphatic heterocycles. The van der Waals surface area contributed by atoms with Gasteiger partial charge in [0.2, 0.25) is 5.91 Å². The Balaban J connectivity index is 3.58. The van der Waals surface area contributed by atoms with Gasteiger partial charge in [0.1, 0.15) is 0 Å². The Kier molecular flexibility index (Phi) is 67.8. The molecule has 0 aliphatic rings. The topological polar surface area (TPSA) is 69.6 Å². The van der Waals surface area contributed by atoms with Crippen LogP contribution in [-0.2, 0) is 4.79 Å². The van der Waals surface area contributed by atoms with Crippen molar-refractivity contribution in [3.8, 4) is 0 Å². The van der Waals surface area contributed by atoms with Gasteiger partial charge >= 0.3 is 0 Å². The molecule has 0 fully saturated rings. The van der Waals surface area contributed by atoms with Crippen LogP contribution in [0.15, 0.2) is 134 Å². The van der Waals surface area contributed by atoms with Crippen molar-refractivity contribution >= 4 is 5.91 Å². The Morgan fingerprint density at radius 1 is 0.309 bits per heavy atom. The van der Waals surface area contributed by atoms with Gasteiger partial charge in [0.25, 0.3) is 0 Å². The molecule has 0 rings (SSSR count). The molecule has 0 aromatic carbocycles. The highest BCUT2D eigenvalue weighted by molar-refractivity contribution is 5.76. The van der Waals surface area contributed by atoms with Gasteiger partial charge in [-0.3, -0.25) is 4.79 Å². The third kappa shape index (κ3) is 67.2. The lowest BCUT2D eigenvalue weighted by atomic mass is 10.0. The number of allylic oxidation sites excluding steroid dienone is 22. The number of carbonyl (C=O) groups excluding carboxylic acids is 1. The minimum absolute atomic E-state index is 0.0644. The van der Waals surface area contributed by atoms with Crippen molar-refractivity contribution in [1.29, 1.82) is 0 Å². The maximum absolute atomic E-state index is 12.5. The van der Waals surface area contributed by atoms with Gasteiger partial charge in [0.15, 0.2) is 0 Å². The van der Waals surface area contributed by atoms with Gasteiger partial charge in [-0.2, -0.15) is 0 Å². The molecule has 4 heteroatoms. The summed E-state index contributed by atoms with van der Waals surface area (Å²) >= 11 is 0. The van der Waals surface area contributed by atoms with Gasteiger partial charge in [-0.15, -0.1) is 0 Å². The Bertz CT molecular complexity index is 1600. The number of amides is 1. The highest BCUT2D eigenvalue weighted by atomic mass is 16.3. The summed E-state index contributed by atoms with van der Waals surface area (Å²) < 4.78 is 0. The SMILES string of the molecule is CC/C=C\C/C=C\C/C=C\C/C=C\C/C=C\C/C=C\C/C=C\C/C=C\C/C=C\C/C=C\C/C=C\CCCCCC(=O)NC(CO)C(O)CCCCCCCCCCCCCCCCCCCCCCCCCCCCCCCCCC. The summed E-state index contributed by atoms with van der Waals surface area (Å²) in [6.07, 6.45) is 109. The van der Waals surface area contributed by atoms with Crippen LogP contribution in [0.5, 0.6) is 0 Å². The van der Waals surface area contributed by atoms with Gasteiger partial charge < -0.3 is 15.5 Å². The van der Waals surface area contributed by atoms with Crippen LogP contribution >= 0.6 is 0 Å². The number of rotatable bonds is 63. The van der Waals surface area contributed by atoms with Crippen LogP contribution in [0.2, 0.25) is 0 Å². The molecule has 0 spiro atoms. The summed E-state index contributed by atoms with van der Waals surface area (Å²) in [5, 5.41) is 23.4. The summed E-state index contributed by atoms with van der Waals surface area (Å²) in [6.45, 7) is 4.25. The van der Waals surface area contributed by atoms with Gasteiger partial charge in [-0.25, -0.2) is 0 Å². The average molecular weight is 1120 g/mol. The Morgan fingerprint density at radius 2 is 0.543 bits per heavy atom. The first-order chi connectivity index (χ1) is 40.2. The maximum Gasteiger partial charge on any atom is 0.220 e. The van der Waals surface area contributed by atoms with Crippen molar-refractivity contribution in [2.45, 2.75) is 341 Å². The van der Waals surface area contributed by atoms with E-state index in [1.165, 1.54) is 193 Å². The second kappa shape index (κ2) is 70.8. The zero-order valence-electron chi connectivity index (χ0n) is 53.5. The van der Waals surface area contributed by atoms with Crippen molar-refractivity contribution in [1.82, 2.24) is 5.32 Å². The third-order valence-corrected chi connectivity index (χ3v) is 15.4. The fourth-order valence-electron chi connectivity index (χ4n) is 10.2. The lowest BCUT2D eigenvalue weighted by Gasteiger charge is -2.22. The lowest BCUT2D eigenvalue weighted by molar-refractivity contribution is -0.123. The first kappa shape index (κ1) is 77.5. The highest BCUT2D eigenvalue weighted by Crippen LogP contribution is 2.18. The summed E-state index contributed by atoms with van der Waals surface area (Å²) in [7, 11) is 0. The third-order valence-electron chi connectivity index (χ3n) is 15.4. The molecule has 0 radical (unpaired) electrons. The maximum atomic E-state index is 12.5. The van der Waals surface area contributed by atoms with Gasteiger partial charge in [0, 0.05) is 6.42 Å². The Morgan fingerprint density at radius 3 is 0.802 bits per heavy atom. The van der Waals surface area contributed by atoms with E-state index in [1.54, 1.807) is 0 Å². The lowest BCUT2D eigenvalue weighted by Crippen LogP contribution is -2.45. The normalized spacial score (nSPS) is 13.6. The van der Waals surface area contributed by atoms with Crippen LogP contribution in [0.4, 0.5) is 0 Å². The number of aliphatic hydroxyl groups excluding tert-OH is 2. The van der Waals surface area contributed by atoms with E-state index in [2.05, 4.69) is 153 Å². The Hall–Kier alpha value is -3.47. The minimum Gasteiger partial charge on any atom is -0.394 e. The molecule has 464 valence electrons. The molecule has 3 N–H and O–H groups in total. The summed E-state index contributed by atoms with van der Waals surface area (Å²) in [6, 6.07) is -0.567. The van der Waals surface area contributed by atoms with Gasteiger partial charge in [-0.1, -0.05) is 359 Å². The number of hydrogen-bond acceptors (Lipinski definition) is 3. The molecule has 2 atom stereocenters. The average Bonchev–Trinajstić information content (AvgIpc) is 3.47. The van der Waals surface area contributed by atoms with Crippen molar-refractivity contribution in [3.05, 3.63) is 134 Å². The molecule has 0 aliphatic carbocycles. The minimum atomic E-state index is -0.686. The molecule has 0 saturated heterocycles. The van der Waals surface area contributed by atoms with Crippen molar-refractivity contribution in [3.63, 3.8) is 0 Å². The predicted molar refractivity (Wildman–Crippen MR) is 363 cm³/mol. The summed E-state index contributed by atoms with van der Waals surface area (Å²) in [4.78, 5) is 12.5. The molecule has 0 aromatic heterocycles. The van der Waals surface area contributed by atoms with Crippen LogP contribution in [0.1, 0.15) is 328 Å². The summed E-state index contributed by atoms with van der Waals surface area (Å²) in [5.41, 5.74) is 0. The molecule has 0 bridgehead atoms. The van der Waals surface area contributed by atoms with Crippen LogP contribution in [0.25, 0.3) is 0 Å². The molecule has 0 saturated carbocycles. The number of aliphatic hydroxyl groups is 2. The van der Waals surface area contributed by atoms with Gasteiger partial charge in [0.05, 0.1) is 18.8 Å². The second-order valence-electron chi connectivity index (χ2n) is 23.2. The van der Waals surface area contributed by atoms with E-state index in [0.717, 1.165) is 109 Å². The monoisotopic (exact) mass is 1120 g/mol. The predicted octanol–water partition coefficient (Wildman–Crippen LogP) is 24.1. The van der Waals surface area contributed by atoms with Crippen LogP contribution in [-0.4, -0.2) is 34.9 Å². The summed E-state index contributed by atoms with van der Waals surface area (Å²) in [5.74, 6) is -0.0644. The number of nitrogens with one attached hydrogen (secondary N) is 1. The second-order valence-corrected chi connectivity index (χ2v) is 23.2. The van der Waals surface area contributed by atoms with Gasteiger partial charge in [-0.05, 0) is 96.3 Å². The van der Waals surface area contributed by atoms with Crippen LogP contribution < -0.4 is 5.32 Å². The first-order valence-electron chi connectivity index (χ1n) is 34.9. The molecular formula is C77H133NO3. The Labute approximate surface area is 504 Å². The number of unbranched alkanes of at least 4 members (excludes halogenated alkanes) is 34. The molecule has 0 aromatic rings.